The van der Waals surface area contributed by atoms with Gasteiger partial charge in [0.1, 0.15) is 0 Å². The molecule has 0 amide bonds. The van der Waals surface area contributed by atoms with Crippen LogP contribution >= 0.6 is 0 Å². The summed E-state index contributed by atoms with van der Waals surface area (Å²) >= 11 is 0. The van der Waals surface area contributed by atoms with Gasteiger partial charge in [0.25, 0.3) is 0 Å². The minimum Gasteiger partial charge on any atom is -0.310 e. The monoisotopic (exact) mass is 715 g/mol. The summed E-state index contributed by atoms with van der Waals surface area (Å²) in [7, 11) is 0. The van der Waals surface area contributed by atoms with Crippen molar-refractivity contribution in [3.8, 4) is 33.4 Å². The molecule has 55 heavy (non-hydrogen) atoms. The fraction of sp³-hybridized carbons (Fsp3) is 0.333. The number of fused-ring (bicyclic) bond motifs is 4. The van der Waals surface area contributed by atoms with Crippen molar-refractivity contribution in [3.63, 3.8) is 0 Å². The van der Waals surface area contributed by atoms with Crippen molar-refractivity contribution in [2.45, 2.75) is 88.9 Å². The van der Waals surface area contributed by atoms with Gasteiger partial charge in [0.15, 0.2) is 0 Å². The molecule has 274 valence electrons. The first-order valence-electron chi connectivity index (χ1n) is 21.2. The third-order valence-corrected chi connectivity index (χ3v) is 15.3. The summed E-state index contributed by atoms with van der Waals surface area (Å²) in [5.74, 6) is 3.17. The minimum absolute atomic E-state index is 0.0424. The molecule has 4 saturated carbocycles. The number of nitrogens with zero attached hydrogens (tertiary/aromatic N) is 1. The number of anilines is 3. The lowest BCUT2D eigenvalue weighted by Crippen LogP contribution is -2.55. The first kappa shape index (κ1) is 33.5. The van der Waals surface area contributed by atoms with Gasteiger partial charge in [-0.1, -0.05) is 143 Å². The van der Waals surface area contributed by atoms with Gasteiger partial charge in [0.2, 0.25) is 0 Å². The summed E-state index contributed by atoms with van der Waals surface area (Å²) in [6.07, 6.45) is 9.33. The lowest BCUT2D eigenvalue weighted by Gasteiger charge is -2.61. The van der Waals surface area contributed by atoms with Crippen molar-refractivity contribution in [1.29, 1.82) is 0 Å². The summed E-state index contributed by atoms with van der Waals surface area (Å²) in [4.78, 5) is 2.68. The highest BCUT2D eigenvalue weighted by molar-refractivity contribution is 5.99. The maximum Gasteiger partial charge on any atom is 0.0543 e. The first-order valence-corrected chi connectivity index (χ1v) is 21.2. The molecule has 4 fully saturated rings. The molecule has 0 aliphatic heterocycles. The van der Waals surface area contributed by atoms with E-state index in [2.05, 4.69) is 172 Å². The van der Waals surface area contributed by atoms with Gasteiger partial charge >= 0.3 is 0 Å². The molecule has 6 aliphatic rings. The zero-order valence-corrected chi connectivity index (χ0v) is 33.0. The maximum absolute atomic E-state index is 2.68. The van der Waals surface area contributed by atoms with E-state index in [4.69, 9.17) is 0 Å². The van der Waals surface area contributed by atoms with Crippen LogP contribution in [0.4, 0.5) is 17.1 Å². The standard InChI is InChI=1S/C54H53N/c1-52(2)28-29-53(3,4)51-46(52)21-13-23-48(51)55(42-26-24-38(25-27-42)37-14-7-5-8-15-37)47-22-12-20-45-49(47)44-19-11-18-43(39-16-9-6-10-17-39)50(44)54(45)40-31-35-30-36(33-40)34-41(54)32-35/h5-27,35-36,40-41H,28-34H2,1-4H3. The average molecular weight is 716 g/mol. The Labute approximate surface area is 328 Å². The van der Waals surface area contributed by atoms with Crippen LogP contribution in [-0.4, -0.2) is 0 Å². The summed E-state index contributed by atoms with van der Waals surface area (Å²) in [6, 6.07) is 53.6. The van der Waals surface area contributed by atoms with Gasteiger partial charge in [-0.05, 0) is 154 Å². The predicted octanol–water partition coefficient (Wildman–Crippen LogP) is 14.6. The first-order chi connectivity index (χ1) is 26.7. The van der Waals surface area contributed by atoms with Crippen molar-refractivity contribution in [3.05, 3.63) is 162 Å². The summed E-state index contributed by atoms with van der Waals surface area (Å²) < 4.78 is 0. The zero-order chi connectivity index (χ0) is 37.1. The van der Waals surface area contributed by atoms with Crippen molar-refractivity contribution in [1.82, 2.24) is 0 Å². The van der Waals surface area contributed by atoms with Gasteiger partial charge < -0.3 is 4.90 Å². The van der Waals surface area contributed by atoms with Crippen molar-refractivity contribution in [2.24, 2.45) is 23.7 Å². The Morgan fingerprint density at radius 3 is 1.65 bits per heavy atom. The third-order valence-electron chi connectivity index (χ3n) is 15.3. The molecule has 12 rings (SSSR count). The van der Waals surface area contributed by atoms with Crippen LogP contribution in [0.2, 0.25) is 0 Å². The van der Waals surface area contributed by atoms with Gasteiger partial charge in [-0.25, -0.2) is 0 Å². The quantitative estimate of drug-likeness (QED) is 0.172. The van der Waals surface area contributed by atoms with Crippen LogP contribution in [0.1, 0.15) is 94.9 Å². The molecule has 6 aliphatic carbocycles. The molecule has 0 atom stereocenters. The fourth-order valence-corrected chi connectivity index (χ4v) is 13.1. The number of benzene rings is 6. The number of rotatable bonds is 5. The Bertz CT molecular complexity index is 2400. The van der Waals surface area contributed by atoms with E-state index >= 15 is 0 Å². The highest BCUT2D eigenvalue weighted by Gasteiger charge is 2.62. The van der Waals surface area contributed by atoms with E-state index in [1.807, 2.05) is 0 Å². The van der Waals surface area contributed by atoms with Crippen LogP contribution in [-0.2, 0) is 16.2 Å². The summed E-state index contributed by atoms with van der Waals surface area (Å²) in [5.41, 5.74) is 18.6. The lowest BCUT2D eigenvalue weighted by molar-refractivity contribution is -0.0397. The van der Waals surface area contributed by atoms with E-state index < -0.39 is 0 Å². The number of hydrogen-bond acceptors (Lipinski definition) is 1. The largest absolute Gasteiger partial charge is 0.310 e. The van der Waals surface area contributed by atoms with Crippen LogP contribution in [0.3, 0.4) is 0 Å². The topological polar surface area (TPSA) is 3.24 Å². The second kappa shape index (κ2) is 12.1. The van der Waals surface area contributed by atoms with Gasteiger partial charge in [0.05, 0.1) is 11.4 Å². The van der Waals surface area contributed by atoms with Gasteiger partial charge in [-0.15, -0.1) is 0 Å². The molecule has 4 bridgehead atoms. The summed E-state index contributed by atoms with van der Waals surface area (Å²) in [6.45, 7) is 9.90. The van der Waals surface area contributed by atoms with Crippen LogP contribution in [0.5, 0.6) is 0 Å². The predicted molar refractivity (Wildman–Crippen MR) is 231 cm³/mol. The van der Waals surface area contributed by atoms with Crippen LogP contribution in [0.25, 0.3) is 33.4 Å². The maximum atomic E-state index is 2.68. The average Bonchev–Trinajstić information content (AvgIpc) is 3.51. The molecule has 0 unspecified atom stereocenters. The van der Waals surface area contributed by atoms with Crippen molar-refractivity contribution in [2.75, 3.05) is 4.90 Å². The Kier molecular flexibility index (Phi) is 7.34. The molecule has 1 nitrogen and oxygen atoms in total. The smallest absolute Gasteiger partial charge is 0.0543 e. The van der Waals surface area contributed by atoms with E-state index in [-0.39, 0.29) is 16.2 Å². The molecule has 0 saturated heterocycles. The molecule has 0 aromatic heterocycles. The van der Waals surface area contributed by atoms with Gasteiger partial charge in [0, 0.05) is 16.7 Å². The Balaban J connectivity index is 1.20. The highest BCUT2D eigenvalue weighted by atomic mass is 15.1. The van der Waals surface area contributed by atoms with Gasteiger partial charge in [-0.3, -0.25) is 0 Å². The molecule has 1 spiro atoms. The van der Waals surface area contributed by atoms with Crippen LogP contribution < -0.4 is 4.90 Å². The van der Waals surface area contributed by atoms with Crippen molar-refractivity contribution >= 4 is 17.1 Å². The second-order valence-electron chi connectivity index (χ2n) is 19.2. The molecule has 1 heteroatoms. The van der Waals surface area contributed by atoms with Crippen molar-refractivity contribution < 1.29 is 0 Å². The van der Waals surface area contributed by atoms with E-state index in [9.17, 15) is 0 Å². The molecule has 6 aromatic rings. The van der Waals surface area contributed by atoms with E-state index in [0.717, 1.165) is 11.8 Å². The number of hydrogen-bond donors (Lipinski definition) is 0. The van der Waals surface area contributed by atoms with Crippen LogP contribution in [0.15, 0.2) is 140 Å². The Morgan fingerprint density at radius 2 is 0.982 bits per heavy atom. The molecule has 0 N–H and O–H groups in total. The molecule has 0 heterocycles. The fourth-order valence-electron chi connectivity index (χ4n) is 13.1. The molecule has 0 radical (unpaired) electrons. The normalized spacial score (nSPS) is 26.0. The summed E-state index contributed by atoms with van der Waals surface area (Å²) in [5, 5.41) is 0. The zero-order valence-electron chi connectivity index (χ0n) is 33.0. The Hall–Kier alpha value is -4.88. The van der Waals surface area contributed by atoms with E-state index in [0.29, 0.717) is 11.8 Å². The van der Waals surface area contributed by atoms with E-state index in [1.54, 1.807) is 11.1 Å². The third kappa shape index (κ3) is 4.84. The highest BCUT2D eigenvalue weighted by Crippen LogP contribution is 2.71. The Morgan fingerprint density at radius 1 is 0.436 bits per heavy atom. The minimum atomic E-state index is 0.0424. The molecule has 6 aromatic carbocycles. The van der Waals surface area contributed by atoms with Gasteiger partial charge in [-0.2, -0.15) is 0 Å². The van der Waals surface area contributed by atoms with Crippen LogP contribution in [0, 0.1) is 23.7 Å². The SMILES string of the molecule is CC1(C)CCC(C)(C)c2c(N(c3ccc(-c4ccccc4)cc3)c3cccc4c3-c3cccc(-c5ccccc5)c3C43C4CC5CC(C4)CC3C5)cccc21. The van der Waals surface area contributed by atoms with E-state index in [1.165, 1.54) is 107 Å². The lowest BCUT2D eigenvalue weighted by atomic mass is 9.42. The molecular formula is C54H53N. The second-order valence-corrected chi connectivity index (χ2v) is 19.2. The molecular weight excluding hydrogens is 663 g/mol.